The molecular weight excluding hydrogens is 370 g/mol. The van der Waals surface area contributed by atoms with Crippen molar-refractivity contribution in [3.8, 4) is 0 Å². The molecule has 28 heavy (non-hydrogen) atoms. The molecule has 1 aliphatic rings. The standard InChI is InChI=1S/C16H25N7O5/c17-7(2-1-3-8(18)16(26)27)4-9-11(24)12(25)15(28-9)23-6-22-10-13(19)20-5-21-14(10)23/h5-9,11-12,15,24-25H,1-4,17-18H2,(H,26,27)(H2,19,20,21)/t7-,8-,9+,11?,12-,15+/m0/s1. The molecule has 0 aromatic carbocycles. The lowest BCUT2D eigenvalue weighted by molar-refractivity contribution is -0.138. The summed E-state index contributed by atoms with van der Waals surface area (Å²) in [5.74, 6) is -0.846. The van der Waals surface area contributed by atoms with Crippen molar-refractivity contribution in [2.75, 3.05) is 5.73 Å². The highest BCUT2D eigenvalue weighted by atomic mass is 16.6. The largest absolute Gasteiger partial charge is 0.480 e. The molecule has 1 saturated heterocycles. The van der Waals surface area contributed by atoms with Crippen molar-refractivity contribution in [3.63, 3.8) is 0 Å². The molecule has 9 N–H and O–H groups in total. The van der Waals surface area contributed by atoms with Gasteiger partial charge in [-0.2, -0.15) is 0 Å². The fourth-order valence-electron chi connectivity index (χ4n) is 3.35. The maximum Gasteiger partial charge on any atom is 0.320 e. The van der Waals surface area contributed by atoms with Crippen molar-refractivity contribution in [1.29, 1.82) is 0 Å². The number of aromatic nitrogens is 4. The van der Waals surface area contributed by atoms with Crippen LogP contribution >= 0.6 is 0 Å². The van der Waals surface area contributed by atoms with Gasteiger partial charge in [0.2, 0.25) is 0 Å². The summed E-state index contributed by atoms with van der Waals surface area (Å²) in [4.78, 5) is 22.8. The Morgan fingerprint density at radius 2 is 1.96 bits per heavy atom. The smallest absolute Gasteiger partial charge is 0.320 e. The fourth-order valence-corrected chi connectivity index (χ4v) is 3.35. The van der Waals surface area contributed by atoms with E-state index in [0.29, 0.717) is 36.8 Å². The van der Waals surface area contributed by atoms with E-state index >= 15 is 0 Å². The summed E-state index contributed by atoms with van der Waals surface area (Å²) < 4.78 is 7.34. The maximum absolute atomic E-state index is 10.7. The van der Waals surface area contributed by atoms with Crippen molar-refractivity contribution in [3.05, 3.63) is 12.7 Å². The van der Waals surface area contributed by atoms with E-state index in [1.807, 2.05) is 0 Å². The van der Waals surface area contributed by atoms with Crippen LogP contribution in [0, 0.1) is 0 Å². The van der Waals surface area contributed by atoms with Crippen LogP contribution < -0.4 is 17.2 Å². The number of carboxylic acids is 1. The fraction of sp³-hybridized carbons (Fsp3) is 0.625. The van der Waals surface area contributed by atoms with E-state index in [2.05, 4.69) is 15.0 Å². The molecule has 0 amide bonds. The lowest BCUT2D eigenvalue weighted by Crippen LogP contribution is -2.36. The Balaban J connectivity index is 1.62. The van der Waals surface area contributed by atoms with E-state index in [9.17, 15) is 15.0 Å². The first-order chi connectivity index (χ1) is 13.3. The van der Waals surface area contributed by atoms with Gasteiger partial charge in [0, 0.05) is 6.04 Å². The average molecular weight is 395 g/mol. The van der Waals surface area contributed by atoms with Crippen molar-refractivity contribution < 1.29 is 24.9 Å². The second kappa shape index (κ2) is 8.32. The number of nitrogens with zero attached hydrogens (tertiary/aromatic N) is 4. The van der Waals surface area contributed by atoms with Crippen LogP contribution in [0.1, 0.15) is 31.9 Å². The molecule has 3 rings (SSSR count). The Morgan fingerprint density at radius 3 is 2.68 bits per heavy atom. The molecule has 1 aliphatic heterocycles. The molecule has 2 aromatic rings. The Bertz CT molecular complexity index is 831. The Morgan fingerprint density at radius 1 is 1.21 bits per heavy atom. The summed E-state index contributed by atoms with van der Waals surface area (Å²) in [6.45, 7) is 0. The Labute approximate surface area is 160 Å². The molecule has 154 valence electrons. The van der Waals surface area contributed by atoms with Crippen molar-refractivity contribution >= 4 is 23.0 Å². The van der Waals surface area contributed by atoms with Gasteiger partial charge in [-0.15, -0.1) is 0 Å². The van der Waals surface area contributed by atoms with Crippen molar-refractivity contribution in [1.82, 2.24) is 19.5 Å². The normalized spacial score (nSPS) is 27.1. The number of rotatable bonds is 8. The lowest BCUT2D eigenvalue weighted by atomic mass is 9.98. The second-order valence-electron chi connectivity index (χ2n) is 7.00. The van der Waals surface area contributed by atoms with Gasteiger partial charge in [0.1, 0.15) is 30.1 Å². The van der Waals surface area contributed by atoms with Crippen LogP contribution in [-0.2, 0) is 9.53 Å². The molecule has 1 unspecified atom stereocenters. The monoisotopic (exact) mass is 395 g/mol. The van der Waals surface area contributed by atoms with E-state index in [1.165, 1.54) is 17.2 Å². The molecule has 0 aliphatic carbocycles. The summed E-state index contributed by atoms with van der Waals surface area (Å²) >= 11 is 0. The number of hydrogen-bond donors (Lipinski definition) is 6. The predicted octanol–water partition coefficient (Wildman–Crippen LogP) is -1.67. The minimum atomic E-state index is -1.20. The number of nitrogen functional groups attached to an aromatic ring is 1. The number of aliphatic hydroxyl groups excluding tert-OH is 2. The SMILES string of the molecule is Nc1ncnc2c1ncn2[C@@H]1O[C@H](C[C@@H](N)CCC[C@H](N)C(=O)O)C(O)[C@@H]1O. The van der Waals surface area contributed by atoms with Gasteiger partial charge in [-0.3, -0.25) is 9.36 Å². The molecule has 0 bridgehead atoms. The third-order valence-corrected chi connectivity index (χ3v) is 4.94. The molecule has 0 spiro atoms. The minimum Gasteiger partial charge on any atom is -0.480 e. The zero-order chi connectivity index (χ0) is 20.4. The van der Waals surface area contributed by atoms with Gasteiger partial charge in [-0.25, -0.2) is 15.0 Å². The number of nitrogens with two attached hydrogens (primary N) is 3. The van der Waals surface area contributed by atoms with Gasteiger partial charge >= 0.3 is 5.97 Å². The molecule has 12 heteroatoms. The first kappa shape index (κ1) is 20.4. The first-order valence-corrected chi connectivity index (χ1v) is 8.98. The Kier molecular flexibility index (Phi) is 6.05. The van der Waals surface area contributed by atoms with Gasteiger partial charge in [0.25, 0.3) is 0 Å². The van der Waals surface area contributed by atoms with Crippen LogP contribution in [0.15, 0.2) is 12.7 Å². The summed E-state index contributed by atoms with van der Waals surface area (Å²) in [7, 11) is 0. The predicted molar refractivity (Wildman–Crippen MR) is 97.7 cm³/mol. The number of imidazole rings is 1. The van der Waals surface area contributed by atoms with E-state index < -0.39 is 36.6 Å². The van der Waals surface area contributed by atoms with Gasteiger partial charge in [-0.05, 0) is 25.7 Å². The lowest BCUT2D eigenvalue weighted by Gasteiger charge is -2.19. The first-order valence-electron chi connectivity index (χ1n) is 8.98. The van der Waals surface area contributed by atoms with Crippen LogP contribution in [0.2, 0.25) is 0 Å². The number of carboxylic acid groups (broad SMARTS) is 1. The van der Waals surface area contributed by atoms with Gasteiger partial charge < -0.3 is 37.3 Å². The highest BCUT2D eigenvalue weighted by Crippen LogP contribution is 2.33. The molecule has 2 aromatic heterocycles. The quantitative estimate of drug-likeness (QED) is 0.297. The number of ether oxygens (including phenoxy) is 1. The van der Waals surface area contributed by atoms with Gasteiger partial charge in [-0.1, -0.05) is 0 Å². The molecular formula is C16H25N7O5. The van der Waals surface area contributed by atoms with E-state index in [1.54, 1.807) is 0 Å². The van der Waals surface area contributed by atoms with Crippen molar-refractivity contribution in [2.45, 2.75) is 62.3 Å². The zero-order valence-corrected chi connectivity index (χ0v) is 15.1. The Hall–Kier alpha value is -2.38. The van der Waals surface area contributed by atoms with E-state index in [-0.39, 0.29) is 11.9 Å². The van der Waals surface area contributed by atoms with Crippen LogP contribution in [0.3, 0.4) is 0 Å². The van der Waals surface area contributed by atoms with Crippen molar-refractivity contribution in [2.24, 2.45) is 11.5 Å². The summed E-state index contributed by atoms with van der Waals surface area (Å²) in [5, 5.41) is 29.6. The topological polar surface area (TPSA) is 209 Å². The summed E-state index contributed by atoms with van der Waals surface area (Å²) in [5.41, 5.74) is 18.1. The summed E-state index contributed by atoms with van der Waals surface area (Å²) in [6, 6.07) is -1.26. The van der Waals surface area contributed by atoms with Gasteiger partial charge in [0.15, 0.2) is 17.7 Å². The summed E-state index contributed by atoms with van der Waals surface area (Å²) in [6.07, 6.45) is 0.421. The molecule has 12 nitrogen and oxygen atoms in total. The highest BCUT2D eigenvalue weighted by molar-refractivity contribution is 5.81. The zero-order valence-electron chi connectivity index (χ0n) is 15.1. The second-order valence-corrected chi connectivity index (χ2v) is 7.00. The molecule has 0 radical (unpaired) electrons. The highest BCUT2D eigenvalue weighted by Gasteiger charge is 2.44. The molecule has 6 atom stereocenters. The number of anilines is 1. The number of carbonyl (C=O) groups is 1. The van der Waals surface area contributed by atoms with Gasteiger partial charge in [0.05, 0.1) is 12.4 Å². The molecule has 1 fully saturated rings. The number of aliphatic carboxylic acids is 1. The number of fused-ring (bicyclic) bond motifs is 1. The molecule has 3 heterocycles. The number of aliphatic hydroxyl groups is 2. The van der Waals surface area contributed by atoms with Crippen LogP contribution in [0.25, 0.3) is 11.2 Å². The number of hydrogen-bond acceptors (Lipinski definition) is 10. The van der Waals surface area contributed by atoms with Crippen LogP contribution in [0.4, 0.5) is 5.82 Å². The van der Waals surface area contributed by atoms with E-state index in [0.717, 1.165) is 0 Å². The molecule has 0 saturated carbocycles. The third-order valence-electron chi connectivity index (χ3n) is 4.94. The third kappa shape index (κ3) is 4.05. The van der Waals surface area contributed by atoms with Crippen LogP contribution in [-0.4, -0.2) is 71.2 Å². The maximum atomic E-state index is 10.7. The average Bonchev–Trinajstić information content (AvgIpc) is 3.19. The van der Waals surface area contributed by atoms with Crippen LogP contribution in [0.5, 0.6) is 0 Å². The minimum absolute atomic E-state index is 0.204. The van der Waals surface area contributed by atoms with E-state index in [4.69, 9.17) is 27.0 Å².